The maximum absolute atomic E-state index is 11.5. The monoisotopic (exact) mass is 167 g/mol. The van der Waals surface area contributed by atoms with E-state index in [0.717, 1.165) is 18.4 Å². The molecule has 68 valence electrons. The number of hydrogen-bond donors (Lipinski definition) is 1. The van der Waals surface area contributed by atoms with E-state index >= 15 is 0 Å². The molecular weight excluding hydrogens is 150 g/mol. The van der Waals surface area contributed by atoms with Gasteiger partial charge in [-0.05, 0) is 31.6 Å². The number of nitrogens with one attached hydrogen (secondary N) is 1. The highest BCUT2D eigenvalue weighted by Crippen LogP contribution is 2.55. The topological polar surface area (TPSA) is 29.1 Å². The lowest BCUT2D eigenvalue weighted by atomic mass is 10.0. The number of amides is 1. The minimum Gasteiger partial charge on any atom is -0.356 e. The van der Waals surface area contributed by atoms with Crippen LogP contribution in [-0.2, 0) is 4.79 Å². The standard InChI is InChI=1S/C10H17NO/c1-2-11-10(12)9-7-5-3-4-6-8(7)9/h7-9H,2-6H2,1H3,(H,11,12)/t7-,8-/m0/s1. The molecule has 2 heteroatoms. The summed E-state index contributed by atoms with van der Waals surface area (Å²) in [5.41, 5.74) is 0. The molecule has 0 aromatic carbocycles. The van der Waals surface area contributed by atoms with Crippen LogP contribution in [0.1, 0.15) is 32.6 Å². The van der Waals surface area contributed by atoms with Crippen molar-refractivity contribution in [3.63, 3.8) is 0 Å². The van der Waals surface area contributed by atoms with Crippen molar-refractivity contribution in [1.29, 1.82) is 0 Å². The first-order valence-electron chi connectivity index (χ1n) is 5.12. The molecule has 2 aliphatic rings. The Morgan fingerprint density at radius 1 is 1.33 bits per heavy atom. The fourth-order valence-electron chi connectivity index (χ4n) is 2.67. The lowest BCUT2D eigenvalue weighted by Gasteiger charge is -2.04. The van der Waals surface area contributed by atoms with Crippen molar-refractivity contribution in [2.24, 2.45) is 17.8 Å². The number of fused-ring (bicyclic) bond motifs is 1. The number of carbonyl (C=O) groups is 1. The number of hydrogen-bond acceptors (Lipinski definition) is 1. The van der Waals surface area contributed by atoms with E-state index in [1.807, 2.05) is 6.92 Å². The molecule has 0 aliphatic heterocycles. The summed E-state index contributed by atoms with van der Waals surface area (Å²) in [6, 6.07) is 0. The van der Waals surface area contributed by atoms with Crippen molar-refractivity contribution >= 4 is 5.91 Å². The molecule has 0 bridgehead atoms. The molecule has 12 heavy (non-hydrogen) atoms. The van der Waals surface area contributed by atoms with Crippen LogP contribution >= 0.6 is 0 Å². The Kier molecular flexibility index (Phi) is 2.07. The van der Waals surface area contributed by atoms with E-state index in [2.05, 4.69) is 5.32 Å². The van der Waals surface area contributed by atoms with Crippen molar-refractivity contribution in [2.45, 2.75) is 32.6 Å². The Hall–Kier alpha value is -0.530. The zero-order valence-corrected chi connectivity index (χ0v) is 7.68. The van der Waals surface area contributed by atoms with Gasteiger partial charge < -0.3 is 5.32 Å². The van der Waals surface area contributed by atoms with Crippen molar-refractivity contribution in [3.05, 3.63) is 0 Å². The molecule has 2 aliphatic carbocycles. The Bertz CT molecular complexity index is 178. The van der Waals surface area contributed by atoms with Gasteiger partial charge in [0, 0.05) is 12.5 Å². The molecule has 0 aromatic heterocycles. The van der Waals surface area contributed by atoms with Gasteiger partial charge >= 0.3 is 0 Å². The van der Waals surface area contributed by atoms with Crippen LogP contribution in [0, 0.1) is 17.8 Å². The summed E-state index contributed by atoms with van der Waals surface area (Å²) in [5, 5.41) is 2.92. The quantitative estimate of drug-likeness (QED) is 0.664. The Balaban J connectivity index is 1.87. The predicted octanol–water partition coefficient (Wildman–Crippen LogP) is 1.56. The molecule has 1 amide bonds. The lowest BCUT2D eigenvalue weighted by Crippen LogP contribution is -2.25. The summed E-state index contributed by atoms with van der Waals surface area (Å²) in [6.07, 6.45) is 5.28. The average molecular weight is 167 g/mol. The Morgan fingerprint density at radius 2 is 1.92 bits per heavy atom. The van der Waals surface area contributed by atoms with Gasteiger partial charge in [0.1, 0.15) is 0 Å². The smallest absolute Gasteiger partial charge is 0.223 e. The normalized spacial score (nSPS) is 38.6. The van der Waals surface area contributed by atoms with Gasteiger partial charge in [0.25, 0.3) is 0 Å². The van der Waals surface area contributed by atoms with E-state index in [1.165, 1.54) is 25.7 Å². The summed E-state index contributed by atoms with van der Waals surface area (Å²) >= 11 is 0. The molecule has 0 heterocycles. The van der Waals surface area contributed by atoms with Crippen molar-refractivity contribution < 1.29 is 4.79 Å². The van der Waals surface area contributed by atoms with Crippen LogP contribution in [0.4, 0.5) is 0 Å². The molecule has 2 saturated carbocycles. The highest BCUT2D eigenvalue weighted by Gasteiger charge is 2.54. The van der Waals surface area contributed by atoms with Crippen LogP contribution in [0.3, 0.4) is 0 Å². The van der Waals surface area contributed by atoms with E-state index in [-0.39, 0.29) is 0 Å². The van der Waals surface area contributed by atoms with Gasteiger partial charge in [0.15, 0.2) is 0 Å². The molecule has 2 rings (SSSR count). The minimum absolute atomic E-state index is 0.314. The van der Waals surface area contributed by atoms with Gasteiger partial charge in [-0.15, -0.1) is 0 Å². The van der Waals surface area contributed by atoms with Crippen LogP contribution in [0.2, 0.25) is 0 Å². The minimum atomic E-state index is 0.314. The molecule has 2 fully saturated rings. The van der Waals surface area contributed by atoms with Gasteiger partial charge in [-0.2, -0.15) is 0 Å². The molecule has 2 atom stereocenters. The van der Waals surface area contributed by atoms with E-state index in [4.69, 9.17) is 0 Å². The second kappa shape index (κ2) is 3.08. The van der Waals surface area contributed by atoms with Gasteiger partial charge in [-0.3, -0.25) is 4.79 Å². The average Bonchev–Trinajstić information content (AvgIpc) is 2.78. The maximum atomic E-state index is 11.5. The van der Waals surface area contributed by atoms with Gasteiger partial charge in [0.2, 0.25) is 5.91 Å². The summed E-state index contributed by atoms with van der Waals surface area (Å²) < 4.78 is 0. The van der Waals surface area contributed by atoms with Crippen LogP contribution in [0.15, 0.2) is 0 Å². The predicted molar refractivity (Wildman–Crippen MR) is 47.6 cm³/mol. The molecule has 0 saturated heterocycles. The summed E-state index contributed by atoms with van der Waals surface area (Å²) in [6.45, 7) is 2.78. The van der Waals surface area contributed by atoms with Gasteiger partial charge in [-0.1, -0.05) is 12.8 Å². The number of rotatable bonds is 2. The van der Waals surface area contributed by atoms with Gasteiger partial charge in [-0.25, -0.2) is 0 Å². The third-order valence-corrected chi connectivity index (χ3v) is 3.31. The van der Waals surface area contributed by atoms with E-state index in [1.54, 1.807) is 0 Å². The molecule has 0 spiro atoms. The zero-order chi connectivity index (χ0) is 8.55. The number of carbonyl (C=O) groups excluding carboxylic acids is 1. The highest BCUT2D eigenvalue weighted by atomic mass is 16.2. The molecule has 2 nitrogen and oxygen atoms in total. The SMILES string of the molecule is CCNC(=O)C1[C@H]2CCCC[C@H]12. The lowest BCUT2D eigenvalue weighted by molar-refractivity contribution is -0.122. The van der Waals surface area contributed by atoms with Crippen molar-refractivity contribution in [3.8, 4) is 0 Å². The molecule has 0 aromatic rings. The summed E-state index contributed by atoms with van der Waals surface area (Å²) in [7, 11) is 0. The first-order valence-corrected chi connectivity index (χ1v) is 5.12. The zero-order valence-electron chi connectivity index (χ0n) is 7.68. The first kappa shape index (κ1) is 8.09. The first-order chi connectivity index (χ1) is 5.84. The summed E-state index contributed by atoms with van der Waals surface area (Å²) in [5.74, 6) is 2.22. The third kappa shape index (κ3) is 1.23. The molecular formula is C10H17NO. The second-order valence-corrected chi connectivity index (χ2v) is 4.03. The van der Waals surface area contributed by atoms with Crippen LogP contribution < -0.4 is 5.32 Å². The largest absolute Gasteiger partial charge is 0.356 e. The van der Waals surface area contributed by atoms with Crippen molar-refractivity contribution in [2.75, 3.05) is 6.54 Å². The van der Waals surface area contributed by atoms with E-state index < -0.39 is 0 Å². The fraction of sp³-hybridized carbons (Fsp3) is 0.900. The van der Waals surface area contributed by atoms with Crippen LogP contribution in [0.25, 0.3) is 0 Å². The Morgan fingerprint density at radius 3 is 2.42 bits per heavy atom. The fourth-order valence-corrected chi connectivity index (χ4v) is 2.67. The second-order valence-electron chi connectivity index (χ2n) is 4.03. The third-order valence-electron chi connectivity index (χ3n) is 3.31. The molecule has 0 unspecified atom stereocenters. The van der Waals surface area contributed by atoms with Crippen molar-refractivity contribution in [1.82, 2.24) is 5.32 Å². The van der Waals surface area contributed by atoms with E-state index in [0.29, 0.717) is 11.8 Å². The summed E-state index contributed by atoms with van der Waals surface area (Å²) in [4.78, 5) is 11.5. The maximum Gasteiger partial charge on any atom is 0.223 e. The highest BCUT2D eigenvalue weighted by molar-refractivity contribution is 5.82. The molecule has 0 radical (unpaired) electrons. The van der Waals surface area contributed by atoms with Gasteiger partial charge in [0.05, 0.1) is 0 Å². The Labute approximate surface area is 73.7 Å². The molecule has 1 N–H and O–H groups in total. The van der Waals surface area contributed by atoms with Crippen LogP contribution in [0.5, 0.6) is 0 Å². The van der Waals surface area contributed by atoms with E-state index in [9.17, 15) is 4.79 Å². The van der Waals surface area contributed by atoms with Crippen LogP contribution in [-0.4, -0.2) is 12.5 Å².